The Bertz CT molecular complexity index is 395. The van der Waals surface area contributed by atoms with Crippen LogP contribution in [0.5, 0.6) is 0 Å². The van der Waals surface area contributed by atoms with E-state index in [0.717, 1.165) is 44.0 Å². The summed E-state index contributed by atoms with van der Waals surface area (Å²) in [5.41, 5.74) is 0.723. The Morgan fingerprint density at radius 1 is 1.50 bits per heavy atom. The largest absolute Gasteiger partial charge is 0.392 e. The molecule has 1 aliphatic heterocycles. The SMILES string of the molecule is CN(CC1CCOCC1)c1cc(CO)c(Cl)cn1. The van der Waals surface area contributed by atoms with Crippen molar-refractivity contribution in [3.63, 3.8) is 0 Å². The average Bonchev–Trinajstić information content (AvgIpc) is 2.40. The minimum absolute atomic E-state index is 0.0561. The molecule has 2 heterocycles. The summed E-state index contributed by atoms with van der Waals surface area (Å²) in [6.07, 6.45) is 3.80. The van der Waals surface area contributed by atoms with Crippen LogP contribution in [0.1, 0.15) is 18.4 Å². The van der Waals surface area contributed by atoms with Gasteiger partial charge < -0.3 is 14.7 Å². The number of ether oxygens (including phenoxy) is 1. The van der Waals surface area contributed by atoms with Crippen LogP contribution in [-0.2, 0) is 11.3 Å². The van der Waals surface area contributed by atoms with Gasteiger partial charge in [-0.3, -0.25) is 0 Å². The van der Waals surface area contributed by atoms with E-state index in [9.17, 15) is 5.11 Å². The first-order valence-corrected chi connectivity index (χ1v) is 6.62. The molecule has 1 saturated heterocycles. The molecule has 0 bridgehead atoms. The quantitative estimate of drug-likeness (QED) is 0.910. The van der Waals surface area contributed by atoms with Crippen molar-refractivity contribution < 1.29 is 9.84 Å². The van der Waals surface area contributed by atoms with Gasteiger partial charge in [0.05, 0.1) is 11.6 Å². The van der Waals surface area contributed by atoms with E-state index in [2.05, 4.69) is 9.88 Å². The fraction of sp³-hybridized carbons (Fsp3) is 0.615. The number of hydrogen-bond donors (Lipinski definition) is 1. The number of aliphatic hydroxyl groups excluding tert-OH is 1. The molecule has 1 aliphatic rings. The fourth-order valence-electron chi connectivity index (χ4n) is 2.21. The lowest BCUT2D eigenvalue weighted by Crippen LogP contribution is -2.30. The van der Waals surface area contributed by atoms with Crippen LogP contribution in [0.25, 0.3) is 0 Å². The van der Waals surface area contributed by atoms with Gasteiger partial charge in [-0.25, -0.2) is 4.98 Å². The van der Waals surface area contributed by atoms with E-state index in [0.29, 0.717) is 10.9 Å². The van der Waals surface area contributed by atoms with Gasteiger partial charge >= 0.3 is 0 Å². The van der Waals surface area contributed by atoms with Gasteiger partial charge in [0.2, 0.25) is 0 Å². The Kier molecular flexibility index (Phi) is 4.80. The Hall–Kier alpha value is -0.840. The molecule has 0 spiro atoms. The van der Waals surface area contributed by atoms with E-state index in [-0.39, 0.29) is 6.61 Å². The lowest BCUT2D eigenvalue weighted by molar-refractivity contribution is 0.0685. The molecule has 0 atom stereocenters. The van der Waals surface area contributed by atoms with Crippen molar-refractivity contribution >= 4 is 17.4 Å². The summed E-state index contributed by atoms with van der Waals surface area (Å²) in [6, 6.07) is 1.85. The number of nitrogens with zero attached hydrogens (tertiary/aromatic N) is 2. The maximum absolute atomic E-state index is 9.20. The number of anilines is 1. The topological polar surface area (TPSA) is 45.6 Å². The summed E-state index contributed by atoms with van der Waals surface area (Å²) in [5, 5.41) is 9.71. The van der Waals surface area contributed by atoms with E-state index < -0.39 is 0 Å². The van der Waals surface area contributed by atoms with Crippen molar-refractivity contribution in [3.05, 3.63) is 22.8 Å². The second-order valence-electron chi connectivity index (χ2n) is 4.73. The first kappa shape index (κ1) is 13.6. The standard InChI is InChI=1S/C13H19ClN2O2/c1-16(8-10-2-4-18-5-3-10)13-6-11(9-17)12(14)7-15-13/h6-7,10,17H,2-5,8-9H2,1H3. The molecule has 4 nitrogen and oxygen atoms in total. The molecule has 0 aliphatic carbocycles. The number of aromatic nitrogens is 1. The van der Waals surface area contributed by atoms with Crippen LogP contribution in [0.2, 0.25) is 5.02 Å². The normalized spacial score (nSPS) is 16.8. The van der Waals surface area contributed by atoms with Crippen LogP contribution in [-0.4, -0.2) is 36.9 Å². The summed E-state index contributed by atoms with van der Waals surface area (Å²) in [4.78, 5) is 6.42. The second-order valence-corrected chi connectivity index (χ2v) is 5.14. The van der Waals surface area contributed by atoms with Crippen LogP contribution in [0.3, 0.4) is 0 Å². The minimum Gasteiger partial charge on any atom is -0.392 e. The van der Waals surface area contributed by atoms with E-state index in [1.807, 2.05) is 13.1 Å². The molecule has 0 radical (unpaired) electrons. The number of aliphatic hydroxyl groups is 1. The zero-order chi connectivity index (χ0) is 13.0. The Labute approximate surface area is 113 Å². The highest BCUT2D eigenvalue weighted by Gasteiger charge is 2.17. The molecular formula is C13H19ClN2O2. The first-order chi connectivity index (χ1) is 8.70. The third-order valence-electron chi connectivity index (χ3n) is 3.35. The van der Waals surface area contributed by atoms with Gasteiger partial charge in [-0.05, 0) is 24.8 Å². The third kappa shape index (κ3) is 3.34. The molecular weight excluding hydrogens is 252 g/mol. The van der Waals surface area contributed by atoms with Crippen molar-refractivity contribution in [2.24, 2.45) is 5.92 Å². The summed E-state index contributed by atoms with van der Waals surface area (Å²) >= 11 is 5.94. The maximum Gasteiger partial charge on any atom is 0.128 e. The van der Waals surface area contributed by atoms with Crippen LogP contribution in [0.4, 0.5) is 5.82 Å². The molecule has 18 heavy (non-hydrogen) atoms. The molecule has 0 saturated carbocycles. The maximum atomic E-state index is 9.20. The fourth-order valence-corrected chi connectivity index (χ4v) is 2.37. The van der Waals surface area contributed by atoms with Crippen molar-refractivity contribution in [2.75, 3.05) is 31.7 Å². The van der Waals surface area contributed by atoms with Crippen molar-refractivity contribution in [1.29, 1.82) is 0 Å². The van der Waals surface area contributed by atoms with Gasteiger partial charge in [-0.1, -0.05) is 11.6 Å². The van der Waals surface area contributed by atoms with Crippen LogP contribution in [0.15, 0.2) is 12.3 Å². The van der Waals surface area contributed by atoms with Gasteiger partial charge in [-0.2, -0.15) is 0 Å². The van der Waals surface area contributed by atoms with E-state index in [4.69, 9.17) is 16.3 Å². The highest BCUT2D eigenvalue weighted by Crippen LogP contribution is 2.22. The highest BCUT2D eigenvalue weighted by molar-refractivity contribution is 6.31. The van der Waals surface area contributed by atoms with Crippen molar-refractivity contribution in [3.8, 4) is 0 Å². The monoisotopic (exact) mass is 270 g/mol. The molecule has 2 rings (SSSR count). The van der Waals surface area contributed by atoms with Crippen LogP contribution < -0.4 is 4.90 Å². The van der Waals surface area contributed by atoms with Crippen LogP contribution in [0, 0.1) is 5.92 Å². The number of rotatable bonds is 4. The summed E-state index contributed by atoms with van der Waals surface area (Å²) < 4.78 is 5.35. The number of hydrogen-bond acceptors (Lipinski definition) is 4. The van der Waals surface area contributed by atoms with Crippen LogP contribution >= 0.6 is 11.6 Å². The molecule has 1 aromatic heterocycles. The summed E-state index contributed by atoms with van der Waals surface area (Å²) in [5.74, 6) is 1.51. The zero-order valence-electron chi connectivity index (χ0n) is 10.6. The van der Waals surface area contributed by atoms with Gasteiger partial charge in [0, 0.05) is 38.6 Å². The lowest BCUT2D eigenvalue weighted by Gasteiger charge is -2.28. The van der Waals surface area contributed by atoms with E-state index in [1.165, 1.54) is 0 Å². The number of halogens is 1. The Morgan fingerprint density at radius 2 is 2.22 bits per heavy atom. The highest BCUT2D eigenvalue weighted by atomic mass is 35.5. The molecule has 100 valence electrons. The van der Waals surface area contributed by atoms with Gasteiger partial charge in [0.1, 0.15) is 5.82 Å². The van der Waals surface area contributed by atoms with E-state index in [1.54, 1.807) is 6.20 Å². The molecule has 0 amide bonds. The van der Waals surface area contributed by atoms with Gasteiger partial charge in [0.25, 0.3) is 0 Å². The molecule has 5 heteroatoms. The van der Waals surface area contributed by atoms with Crippen molar-refractivity contribution in [1.82, 2.24) is 4.98 Å². The average molecular weight is 271 g/mol. The number of pyridine rings is 1. The predicted octanol–water partition coefficient (Wildman–Crippen LogP) is 2.09. The lowest BCUT2D eigenvalue weighted by atomic mass is 10.00. The summed E-state index contributed by atoms with van der Waals surface area (Å²) in [7, 11) is 2.02. The predicted molar refractivity (Wildman–Crippen MR) is 72.0 cm³/mol. The minimum atomic E-state index is -0.0561. The molecule has 0 aromatic carbocycles. The Balaban J connectivity index is 2.01. The third-order valence-corrected chi connectivity index (χ3v) is 3.69. The van der Waals surface area contributed by atoms with Gasteiger partial charge in [-0.15, -0.1) is 0 Å². The molecule has 0 unspecified atom stereocenters. The zero-order valence-corrected chi connectivity index (χ0v) is 11.4. The smallest absolute Gasteiger partial charge is 0.128 e. The molecule has 1 N–H and O–H groups in total. The van der Waals surface area contributed by atoms with Crippen molar-refractivity contribution in [2.45, 2.75) is 19.4 Å². The first-order valence-electron chi connectivity index (χ1n) is 6.25. The van der Waals surface area contributed by atoms with E-state index >= 15 is 0 Å². The Morgan fingerprint density at radius 3 is 2.89 bits per heavy atom. The summed E-state index contributed by atoms with van der Waals surface area (Å²) in [6.45, 7) is 2.62. The molecule has 1 aromatic rings. The second kappa shape index (κ2) is 6.36. The van der Waals surface area contributed by atoms with Gasteiger partial charge in [0.15, 0.2) is 0 Å². The molecule has 1 fully saturated rings.